The highest BCUT2D eigenvalue weighted by Gasteiger charge is 2.12. The fourth-order valence-electron chi connectivity index (χ4n) is 1.90. The maximum Gasteiger partial charge on any atom is 0.119 e. The predicted molar refractivity (Wildman–Crippen MR) is 62.3 cm³/mol. The molecule has 0 spiro atoms. The molecule has 1 N–H and O–H groups in total. The largest absolute Gasteiger partial charge is 0.492 e. The number of rotatable bonds is 3. The molecule has 0 bridgehead atoms. The Labute approximate surface area is 91.6 Å². The third-order valence-corrected chi connectivity index (χ3v) is 2.88. The lowest BCUT2D eigenvalue weighted by Crippen LogP contribution is -2.38. The number of hydrogen-bond donors (Lipinski definition) is 1. The van der Waals surface area contributed by atoms with Gasteiger partial charge >= 0.3 is 0 Å². The summed E-state index contributed by atoms with van der Waals surface area (Å²) in [6, 6.07) is 8.80. The first kappa shape index (κ1) is 10.5. The summed E-state index contributed by atoms with van der Waals surface area (Å²) in [7, 11) is 0. The monoisotopic (exact) mass is 205 g/mol. The van der Waals surface area contributed by atoms with Crippen LogP contribution in [0.15, 0.2) is 24.3 Å². The van der Waals surface area contributed by atoms with Crippen LogP contribution in [-0.4, -0.2) is 19.2 Å². The Hall–Kier alpha value is -1.02. The van der Waals surface area contributed by atoms with E-state index in [9.17, 15) is 0 Å². The fraction of sp³-hybridized carbons (Fsp3) is 0.538. The molecular weight excluding hydrogens is 186 g/mol. The van der Waals surface area contributed by atoms with Crippen LogP contribution in [0.2, 0.25) is 0 Å². The molecule has 1 heterocycles. The second kappa shape index (κ2) is 5.17. The van der Waals surface area contributed by atoms with Crippen LogP contribution in [0.5, 0.6) is 5.75 Å². The number of aryl methyl sites for hydroxylation is 1. The van der Waals surface area contributed by atoms with E-state index in [4.69, 9.17) is 4.74 Å². The zero-order valence-electron chi connectivity index (χ0n) is 9.33. The molecule has 1 unspecified atom stereocenters. The van der Waals surface area contributed by atoms with Gasteiger partial charge in [-0.3, -0.25) is 0 Å². The van der Waals surface area contributed by atoms with E-state index in [2.05, 4.69) is 24.4 Å². The molecule has 15 heavy (non-hydrogen) atoms. The third-order valence-electron chi connectivity index (χ3n) is 2.88. The first-order valence-electron chi connectivity index (χ1n) is 5.77. The lowest BCUT2D eigenvalue weighted by atomic mass is 10.1. The second-order valence-corrected chi connectivity index (χ2v) is 4.27. The molecule has 1 atom stereocenters. The van der Waals surface area contributed by atoms with Crippen LogP contribution in [0, 0.1) is 6.92 Å². The summed E-state index contributed by atoms with van der Waals surface area (Å²) < 4.78 is 5.74. The molecule has 1 fully saturated rings. The van der Waals surface area contributed by atoms with Gasteiger partial charge in [-0.15, -0.1) is 0 Å². The first-order valence-corrected chi connectivity index (χ1v) is 5.77. The normalized spacial score (nSPS) is 21.3. The first-order chi connectivity index (χ1) is 7.34. The summed E-state index contributed by atoms with van der Waals surface area (Å²) >= 11 is 0. The second-order valence-electron chi connectivity index (χ2n) is 4.27. The summed E-state index contributed by atoms with van der Waals surface area (Å²) in [6.07, 6.45) is 3.88. The van der Waals surface area contributed by atoms with Crippen molar-refractivity contribution in [2.75, 3.05) is 13.2 Å². The average Bonchev–Trinajstić information content (AvgIpc) is 2.30. The van der Waals surface area contributed by atoms with Gasteiger partial charge in [-0.05, 0) is 38.4 Å². The minimum Gasteiger partial charge on any atom is -0.492 e. The number of benzene rings is 1. The SMILES string of the molecule is Cc1ccc(OCC2CCCCN2)cc1. The van der Waals surface area contributed by atoms with Gasteiger partial charge in [0.15, 0.2) is 0 Å². The predicted octanol–water partition coefficient (Wildman–Crippen LogP) is 2.52. The summed E-state index contributed by atoms with van der Waals surface area (Å²) in [5, 5.41) is 3.48. The Morgan fingerprint density at radius 3 is 2.73 bits per heavy atom. The summed E-state index contributed by atoms with van der Waals surface area (Å²) in [4.78, 5) is 0. The van der Waals surface area contributed by atoms with Gasteiger partial charge in [0.05, 0.1) is 0 Å². The lowest BCUT2D eigenvalue weighted by Gasteiger charge is -2.23. The molecule has 2 nitrogen and oxygen atoms in total. The van der Waals surface area contributed by atoms with Crippen LogP contribution >= 0.6 is 0 Å². The van der Waals surface area contributed by atoms with Crippen molar-refractivity contribution in [1.29, 1.82) is 0 Å². The number of ether oxygens (including phenoxy) is 1. The molecular formula is C13H19NO. The van der Waals surface area contributed by atoms with Crippen LogP contribution in [0.4, 0.5) is 0 Å². The van der Waals surface area contributed by atoms with Crippen molar-refractivity contribution in [2.24, 2.45) is 0 Å². The van der Waals surface area contributed by atoms with E-state index in [-0.39, 0.29) is 0 Å². The minimum atomic E-state index is 0.542. The van der Waals surface area contributed by atoms with Crippen molar-refractivity contribution >= 4 is 0 Å². The van der Waals surface area contributed by atoms with Gasteiger partial charge in [-0.2, -0.15) is 0 Å². The molecule has 0 aliphatic carbocycles. The third kappa shape index (κ3) is 3.24. The van der Waals surface area contributed by atoms with Crippen molar-refractivity contribution in [3.05, 3.63) is 29.8 Å². The molecule has 1 aliphatic heterocycles. The van der Waals surface area contributed by atoms with Gasteiger partial charge in [-0.25, -0.2) is 0 Å². The van der Waals surface area contributed by atoms with Gasteiger partial charge in [0.25, 0.3) is 0 Å². The van der Waals surface area contributed by atoms with Gasteiger partial charge in [-0.1, -0.05) is 24.1 Å². The van der Waals surface area contributed by atoms with Crippen LogP contribution in [0.25, 0.3) is 0 Å². The quantitative estimate of drug-likeness (QED) is 0.818. The highest BCUT2D eigenvalue weighted by atomic mass is 16.5. The average molecular weight is 205 g/mol. The van der Waals surface area contributed by atoms with Crippen molar-refractivity contribution in [3.8, 4) is 5.75 Å². The Balaban J connectivity index is 1.79. The van der Waals surface area contributed by atoms with E-state index in [0.717, 1.165) is 18.9 Å². The van der Waals surface area contributed by atoms with Gasteiger partial charge in [0.2, 0.25) is 0 Å². The molecule has 1 aromatic carbocycles. The smallest absolute Gasteiger partial charge is 0.119 e. The highest BCUT2D eigenvalue weighted by molar-refractivity contribution is 5.26. The van der Waals surface area contributed by atoms with Crippen LogP contribution in [-0.2, 0) is 0 Å². The number of hydrogen-bond acceptors (Lipinski definition) is 2. The van der Waals surface area contributed by atoms with Gasteiger partial charge < -0.3 is 10.1 Å². The van der Waals surface area contributed by atoms with Crippen molar-refractivity contribution < 1.29 is 4.74 Å². The molecule has 2 rings (SSSR count). The zero-order valence-corrected chi connectivity index (χ0v) is 9.33. The standard InChI is InChI=1S/C13H19NO/c1-11-5-7-13(8-6-11)15-10-12-4-2-3-9-14-12/h5-8,12,14H,2-4,9-10H2,1H3. The molecule has 1 aromatic rings. The molecule has 1 aliphatic rings. The van der Waals surface area contributed by atoms with Gasteiger partial charge in [0.1, 0.15) is 12.4 Å². The molecule has 2 heteroatoms. The Bertz CT molecular complexity index is 288. The van der Waals surface area contributed by atoms with E-state index >= 15 is 0 Å². The van der Waals surface area contributed by atoms with Gasteiger partial charge in [0, 0.05) is 6.04 Å². The highest BCUT2D eigenvalue weighted by Crippen LogP contribution is 2.13. The number of nitrogens with one attached hydrogen (secondary N) is 1. The maximum atomic E-state index is 5.74. The topological polar surface area (TPSA) is 21.3 Å². The van der Waals surface area contributed by atoms with E-state index in [1.165, 1.54) is 24.8 Å². The maximum absolute atomic E-state index is 5.74. The van der Waals surface area contributed by atoms with Crippen molar-refractivity contribution in [3.63, 3.8) is 0 Å². The summed E-state index contributed by atoms with van der Waals surface area (Å²) in [5.41, 5.74) is 1.28. The van der Waals surface area contributed by atoms with Crippen LogP contribution < -0.4 is 10.1 Å². The summed E-state index contributed by atoms with van der Waals surface area (Å²) in [5.74, 6) is 0.980. The Morgan fingerprint density at radius 2 is 2.07 bits per heavy atom. The minimum absolute atomic E-state index is 0.542. The fourth-order valence-corrected chi connectivity index (χ4v) is 1.90. The Kier molecular flexibility index (Phi) is 3.62. The molecule has 0 saturated carbocycles. The number of piperidine rings is 1. The lowest BCUT2D eigenvalue weighted by molar-refractivity contribution is 0.239. The molecule has 0 radical (unpaired) electrons. The molecule has 82 valence electrons. The van der Waals surface area contributed by atoms with Crippen LogP contribution in [0.3, 0.4) is 0 Å². The van der Waals surface area contributed by atoms with E-state index in [0.29, 0.717) is 6.04 Å². The zero-order chi connectivity index (χ0) is 10.5. The summed E-state index contributed by atoms with van der Waals surface area (Å²) in [6.45, 7) is 4.03. The van der Waals surface area contributed by atoms with E-state index < -0.39 is 0 Å². The Morgan fingerprint density at radius 1 is 1.27 bits per heavy atom. The van der Waals surface area contributed by atoms with E-state index in [1.54, 1.807) is 0 Å². The molecule has 0 aromatic heterocycles. The van der Waals surface area contributed by atoms with Crippen LogP contribution in [0.1, 0.15) is 24.8 Å². The molecule has 0 amide bonds. The van der Waals surface area contributed by atoms with Crippen molar-refractivity contribution in [2.45, 2.75) is 32.2 Å². The van der Waals surface area contributed by atoms with E-state index in [1.807, 2.05) is 12.1 Å². The van der Waals surface area contributed by atoms with Crippen molar-refractivity contribution in [1.82, 2.24) is 5.32 Å². The molecule has 1 saturated heterocycles.